The Balaban J connectivity index is 0.00000121. The highest BCUT2D eigenvalue weighted by Crippen LogP contribution is 1.93. The van der Waals surface area contributed by atoms with Gasteiger partial charge in [0, 0.05) is 25.1 Å². The van der Waals surface area contributed by atoms with Crippen LogP contribution in [0.25, 0.3) is 0 Å². The molecule has 1 aromatic heterocycles. The van der Waals surface area contributed by atoms with Crippen LogP contribution in [0.15, 0.2) is 24.5 Å². The lowest BCUT2D eigenvalue weighted by Gasteiger charge is -1.99. The van der Waals surface area contributed by atoms with Crippen molar-refractivity contribution in [2.45, 2.75) is 6.92 Å². The minimum absolute atomic E-state index is 0. The number of amides is 1. The zero-order valence-corrected chi connectivity index (χ0v) is 6.82. The molecule has 4 heteroatoms. The Morgan fingerprint density at radius 1 is 1.67 bits per heavy atom. The van der Waals surface area contributed by atoms with Crippen LogP contribution in [0.4, 0.5) is 0 Å². The Morgan fingerprint density at radius 2 is 2.42 bits per heavy atom. The third kappa shape index (κ3) is 2.67. The zero-order chi connectivity index (χ0) is 8.10. The van der Waals surface area contributed by atoms with Gasteiger partial charge in [-0.2, -0.15) is 0 Å². The molecule has 0 spiro atoms. The normalized spacial score (nSPS) is 8.42. The molecule has 4 nitrogen and oxygen atoms in total. The number of hydrogen-bond donors (Lipinski definition) is 1. The molecule has 12 heavy (non-hydrogen) atoms. The van der Waals surface area contributed by atoms with E-state index in [9.17, 15) is 4.79 Å². The standard InChI is InChI=1S/C8H10N2O.N/c1-2-10-8(11)7-4-3-5-9-6-7;/h3-6H,2H2,1H3,(H,10,11);. The van der Waals surface area contributed by atoms with Gasteiger partial charge >= 0.3 is 0 Å². The second-order valence-corrected chi connectivity index (χ2v) is 2.10. The Kier molecular flexibility index (Phi) is 4.64. The Labute approximate surface area is 71.6 Å². The molecular formula is C8H10N3O. The Morgan fingerprint density at radius 3 is 2.92 bits per heavy atom. The predicted octanol–water partition coefficient (Wildman–Crippen LogP) is 0.351. The average Bonchev–Trinajstić information content (AvgIpc) is 2.07. The van der Waals surface area contributed by atoms with Crippen LogP contribution < -0.4 is 11.5 Å². The lowest BCUT2D eigenvalue weighted by atomic mass is 10.3. The molecule has 63 valence electrons. The Hall–Kier alpha value is -1.42. The van der Waals surface area contributed by atoms with Crippen LogP contribution in [-0.4, -0.2) is 17.4 Å². The third-order valence-electron chi connectivity index (χ3n) is 1.26. The summed E-state index contributed by atoms with van der Waals surface area (Å²) in [5.74, 6) is -0.0689. The van der Waals surface area contributed by atoms with Gasteiger partial charge in [-0.1, -0.05) is 0 Å². The first-order valence-corrected chi connectivity index (χ1v) is 3.53. The van der Waals surface area contributed by atoms with Crippen LogP contribution in [0.5, 0.6) is 0 Å². The van der Waals surface area contributed by atoms with E-state index in [-0.39, 0.29) is 12.1 Å². The van der Waals surface area contributed by atoms with E-state index in [4.69, 9.17) is 0 Å². The van der Waals surface area contributed by atoms with Gasteiger partial charge in [0.25, 0.3) is 5.91 Å². The monoisotopic (exact) mass is 164 g/mol. The van der Waals surface area contributed by atoms with Gasteiger partial charge in [0.15, 0.2) is 0 Å². The minimum atomic E-state index is -0.0689. The van der Waals surface area contributed by atoms with Gasteiger partial charge in [-0.3, -0.25) is 9.78 Å². The maximum atomic E-state index is 11.1. The van der Waals surface area contributed by atoms with Gasteiger partial charge in [-0.05, 0) is 19.1 Å². The topological polar surface area (TPSA) is 72.5 Å². The molecule has 3 radical (unpaired) electrons. The maximum Gasteiger partial charge on any atom is 0.252 e. The zero-order valence-electron chi connectivity index (χ0n) is 6.82. The molecular weight excluding hydrogens is 154 g/mol. The van der Waals surface area contributed by atoms with Gasteiger partial charge in [0.1, 0.15) is 0 Å². The minimum Gasteiger partial charge on any atom is -0.352 e. The number of nitrogens with zero attached hydrogens (tertiary/aromatic N) is 2. The molecule has 0 aliphatic heterocycles. The van der Waals surface area contributed by atoms with Crippen LogP contribution in [0.2, 0.25) is 0 Å². The second-order valence-electron chi connectivity index (χ2n) is 2.10. The lowest BCUT2D eigenvalue weighted by molar-refractivity contribution is 0.0955. The predicted molar refractivity (Wildman–Crippen MR) is 44.4 cm³/mol. The first kappa shape index (κ1) is 10.6. The first-order chi connectivity index (χ1) is 5.34. The highest BCUT2D eigenvalue weighted by Gasteiger charge is 2.00. The van der Waals surface area contributed by atoms with Crippen molar-refractivity contribution in [3.05, 3.63) is 30.1 Å². The second kappa shape index (κ2) is 5.26. The van der Waals surface area contributed by atoms with Gasteiger partial charge in [0.05, 0.1) is 5.56 Å². The number of nitrogens with one attached hydrogen (secondary N) is 1. The summed E-state index contributed by atoms with van der Waals surface area (Å²) < 4.78 is 0. The number of pyridine rings is 1. The SMILES string of the molecule is CCNC(=O)c1cccnc1.[N]. The van der Waals surface area contributed by atoms with E-state index in [0.717, 1.165) is 0 Å². The number of carbonyl (C=O) groups is 1. The van der Waals surface area contributed by atoms with E-state index in [1.54, 1.807) is 24.5 Å². The molecule has 0 fully saturated rings. The fraction of sp³-hybridized carbons (Fsp3) is 0.250. The number of carbonyl (C=O) groups excluding carboxylic acids is 1. The third-order valence-corrected chi connectivity index (χ3v) is 1.26. The van der Waals surface area contributed by atoms with Crippen LogP contribution in [-0.2, 0) is 0 Å². The van der Waals surface area contributed by atoms with Crippen LogP contribution >= 0.6 is 0 Å². The summed E-state index contributed by atoms with van der Waals surface area (Å²) in [5.41, 5.74) is 0.606. The van der Waals surface area contributed by atoms with E-state index in [1.165, 1.54) is 0 Å². The number of rotatable bonds is 2. The van der Waals surface area contributed by atoms with Gasteiger partial charge < -0.3 is 5.32 Å². The molecule has 0 aliphatic rings. The molecule has 0 saturated heterocycles. The molecule has 1 heterocycles. The van der Waals surface area contributed by atoms with Crippen molar-refractivity contribution < 1.29 is 4.79 Å². The summed E-state index contributed by atoms with van der Waals surface area (Å²) in [4.78, 5) is 14.9. The number of hydrogen-bond acceptors (Lipinski definition) is 2. The average molecular weight is 164 g/mol. The molecule has 0 aliphatic carbocycles. The van der Waals surface area contributed by atoms with E-state index in [2.05, 4.69) is 10.3 Å². The van der Waals surface area contributed by atoms with E-state index in [0.29, 0.717) is 12.1 Å². The number of aromatic nitrogens is 1. The quantitative estimate of drug-likeness (QED) is 0.685. The molecule has 1 rings (SSSR count). The van der Waals surface area contributed by atoms with Gasteiger partial charge in [-0.15, -0.1) is 0 Å². The molecule has 0 aromatic carbocycles. The molecule has 1 amide bonds. The Bertz CT molecular complexity index is 235. The molecule has 0 atom stereocenters. The van der Waals surface area contributed by atoms with Crippen molar-refractivity contribution >= 4 is 5.91 Å². The van der Waals surface area contributed by atoms with Crippen LogP contribution in [0.1, 0.15) is 17.3 Å². The lowest BCUT2D eigenvalue weighted by Crippen LogP contribution is -2.22. The highest BCUT2D eigenvalue weighted by molar-refractivity contribution is 5.93. The van der Waals surface area contributed by atoms with Gasteiger partial charge in [-0.25, -0.2) is 0 Å². The fourth-order valence-electron chi connectivity index (χ4n) is 0.760. The van der Waals surface area contributed by atoms with Crippen LogP contribution in [0.3, 0.4) is 0 Å². The molecule has 1 N–H and O–H groups in total. The summed E-state index contributed by atoms with van der Waals surface area (Å²) in [5, 5.41) is 2.68. The summed E-state index contributed by atoms with van der Waals surface area (Å²) in [6.07, 6.45) is 3.19. The highest BCUT2D eigenvalue weighted by atomic mass is 16.1. The van der Waals surface area contributed by atoms with Crippen molar-refractivity contribution in [3.8, 4) is 0 Å². The van der Waals surface area contributed by atoms with Crippen molar-refractivity contribution in [2.24, 2.45) is 0 Å². The van der Waals surface area contributed by atoms with E-state index in [1.807, 2.05) is 6.92 Å². The van der Waals surface area contributed by atoms with Crippen molar-refractivity contribution in [2.75, 3.05) is 6.54 Å². The first-order valence-electron chi connectivity index (χ1n) is 3.53. The summed E-state index contributed by atoms with van der Waals surface area (Å²) >= 11 is 0. The van der Waals surface area contributed by atoms with Crippen molar-refractivity contribution in [1.82, 2.24) is 16.5 Å². The van der Waals surface area contributed by atoms with Crippen molar-refractivity contribution in [3.63, 3.8) is 0 Å². The summed E-state index contributed by atoms with van der Waals surface area (Å²) in [7, 11) is 0. The van der Waals surface area contributed by atoms with Crippen molar-refractivity contribution in [1.29, 1.82) is 0 Å². The fourth-order valence-corrected chi connectivity index (χ4v) is 0.760. The van der Waals surface area contributed by atoms with Crippen LogP contribution in [0, 0.1) is 0 Å². The van der Waals surface area contributed by atoms with E-state index < -0.39 is 0 Å². The summed E-state index contributed by atoms with van der Waals surface area (Å²) in [6.45, 7) is 2.53. The molecule has 0 saturated carbocycles. The largest absolute Gasteiger partial charge is 0.352 e. The van der Waals surface area contributed by atoms with Gasteiger partial charge in [0.2, 0.25) is 0 Å². The molecule has 1 aromatic rings. The van der Waals surface area contributed by atoms with E-state index >= 15 is 0 Å². The maximum absolute atomic E-state index is 11.1. The molecule has 0 bridgehead atoms. The summed E-state index contributed by atoms with van der Waals surface area (Å²) in [6, 6.07) is 3.47. The molecule has 0 unspecified atom stereocenters. The smallest absolute Gasteiger partial charge is 0.252 e.